The number of carbonyl (C=O) groups excluding carboxylic acids is 2. The highest BCUT2D eigenvalue weighted by molar-refractivity contribution is 6.07. The number of benzene rings is 2. The summed E-state index contributed by atoms with van der Waals surface area (Å²) in [5.41, 5.74) is 9.96. The van der Waals surface area contributed by atoms with Crippen molar-refractivity contribution < 1.29 is 14.3 Å². The highest BCUT2D eigenvalue weighted by atomic mass is 16.5. The van der Waals surface area contributed by atoms with Gasteiger partial charge in [-0.2, -0.15) is 0 Å². The molecule has 0 aliphatic carbocycles. The molecule has 0 bridgehead atoms. The van der Waals surface area contributed by atoms with Crippen LogP contribution in [0.25, 0.3) is 16.7 Å². The predicted molar refractivity (Wildman–Crippen MR) is 140 cm³/mol. The number of nitrogens with two attached hydrogens (primary N) is 1. The van der Waals surface area contributed by atoms with Gasteiger partial charge < -0.3 is 20.8 Å². The van der Waals surface area contributed by atoms with Crippen LogP contribution < -0.4 is 16.0 Å². The number of fused-ring (bicyclic) bond motifs is 1. The van der Waals surface area contributed by atoms with Crippen LogP contribution >= 0.6 is 0 Å². The van der Waals surface area contributed by atoms with Gasteiger partial charge >= 0.3 is 5.97 Å². The molecule has 0 radical (unpaired) electrons. The SMILES string of the molecule is C=C(N)c1ccc(NCc2nc3cc(C(=O)N(CCC(=O)OCC)c4ccccn4)ccc3[nH]2)cc1. The molecule has 2 aromatic heterocycles. The maximum absolute atomic E-state index is 13.4. The molecule has 0 saturated heterocycles. The summed E-state index contributed by atoms with van der Waals surface area (Å²) in [5.74, 6) is 0.548. The summed E-state index contributed by atoms with van der Waals surface area (Å²) < 4.78 is 5.02. The van der Waals surface area contributed by atoms with Gasteiger partial charge in [-0.05, 0) is 55.0 Å². The van der Waals surface area contributed by atoms with Gasteiger partial charge in [0.25, 0.3) is 5.91 Å². The van der Waals surface area contributed by atoms with Crippen molar-refractivity contribution in [1.82, 2.24) is 15.0 Å². The van der Waals surface area contributed by atoms with Crippen molar-refractivity contribution in [2.45, 2.75) is 19.9 Å². The van der Waals surface area contributed by atoms with E-state index in [0.717, 1.165) is 22.6 Å². The normalized spacial score (nSPS) is 10.7. The van der Waals surface area contributed by atoms with Gasteiger partial charge in [-0.3, -0.25) is 14.5 Å². The number of nitrogens with one attached hydrogen (secondary N) is 2. The first-order valence-corrected chi connectivity index (χ1v) is 11.6. The third-order valence-corrected chi connectivity index (χ3v) is 5.51. The largest absolute Gasteiger partial charge is 0.466 e. The minimum absolute atomic E-state index is 0.0665. The van der Waals surface area contributed by atoms with Crippen molar-refractivity contribution in [2.24, 2.45) is 5.73 Å². The van der Waals surface area contributed by atoms with Crippen LogP contribution in [-0.2, 0) is 16.1 Å². The van der Waals surface area contributed by atoms with E-state index in [-0.39, 0.29) is 31.4 Å². The molecule has 184 valence electrons. The van der Waals surface area contributed by atoms with Crippen molar-refractivity contribution in [3.8, 4) is 0 Å². The van der Waals surface area contributed by atoms with Crippen LogP contribution in [0.4, 0.5) is 11.5 Å². The second-order valence-corrected chi connectivity index (χ2v) is 8.07. The number of hydrogen-bond donors (Lipinski definition) is 3. The highest BCUT2D eigenvalue weighted by Gasteiger charge is 2.21. The predicted octanol–water partition coefficient (Wildman–Crippen LogP) is 4.10. The summed E-state index contributed by atoms with van der Waals surface area (Å²) in [6.07, 6.45) is 1.67. The van der Waals surface area contributed by atoms with Crippen molar-refractivity contribution in [3.63, 3.8) is 0 Å². The lowest BCUT2D eigenvalue weighted by molar-refractivity contribution is -0.142. The van der Waals surface area contributed by atoms with Crippen molar-refractivity contribution in [3.05, 3.63) is 90.4 Å². The van der Waals surface area contributed by atoms with E-state index in [4.69, 9.17) is 10.5 Å². The van der Waals surface area contributed by atoms with Gasteiger partial charge in [0.1, 0.15) is 11.6 Å². The number of carbonyl (C=O) groups is 2. The summed E-state index contributed by atoms with van der Waals surface area (Å²) in [6, 6.07) is 18.2. The molecule has 0 aliphatic rings. The molecule has 0 spiro atoms. The third-order valence-electron chi connectivity index (χ3n) is 5.51. The smallest absolute Gasteiger partial charge is 0.307 e. The Labute approximate surface area is 209 Å². The molecule has 1 amide bonds. The lowest BCUT2D eigenvalue weighted by atomic mass is 10.1. The first-order chi connectivity index (χ1) is 17.4. The Hall–Kier alpha value is -4.66. The highest BCUT2D eigenvalue weighted by Crippen LogP contribution is 2.20. The lowest BCUT2D eigenvalue weighted by Crippen LogP contribution is -2.34. The quantitative estimate of drug-likeness (QED) is 0.289. The zero-order valence-electron chi connectivity index (χ0n) is 20.0. The third kappa shape index (κ3) is 5.87. The average molecular weight is 485 g/mol. The molecule has 4 rings (SSSR count). The zero-order chi connectivity index (χ0) is 25.5. The number of nitrogens with zero attached hydrogens (tertiary/aromatic N) is 3. The maximum atomic E-state index is 13.4. The van der Waals surface area contributed by atoms with Gasteiger partial charge in [-0.1, -0.05) is 24.8 Å². The number of hydrogen-bond acceptors (Lipinski definition) is 7. The maximum Gasteiger partial charge on any atom is 0.307 e. The Bertz CT molecular complexity index is 1370. The van der Waals surface area contributed by atoms with Crippen LogP contribution in [0.3, 0.4) is 0 Å². The van der Waals surface area contributed by atoms with E-state index in [1.54, 1.807) is 43.5 Å². The van der Waals surface area contributed by atoms with E-state index in [0.29, 0.717) is 29.1 Å². The lowest BCUT2D eigenvalue weighted by Gasteiger charge is -2.21. The molecule has 2 aromatic carbocycles. The fraction of sp³-hybridized carbons (Fsp3) is 0.185. The number of imidazole rings is 1. The number of aromatic amines is 1. The Morgan fingerprint density at radius 1 is 1.11 bits per heavy atom. The number of pyridine rings is 1. The first kappa shape index (κ1) is 24.5. The van der Waals surface area contributed by atoms with Crippen molar-refractivity contribution in [2.75, 3.05) is 23.4 Å². The van der Waals surface area contributed by atoms with Gasteiger partial charge in [0.15, 0.2) is 0 Å². The number of ether oxygens (including phenoxy) is 1. The molecule has 4 aromatic rings. The molecule has 0 unspecified atom stereocenters. The van der Waals surface area contributed by atoms with E-state index in [9.17, 15) is 9.59 Å². The number of amides is 1. The molecule has 4 N–H and O–H groups in total. The van der Waals surface area contributed by atoms with Crippen LogP contribution in [0.1, 0.15) is 35.1 Å². The number of anilines is 2. The topological polar surface area (TPSA) is 126 Å². The number of aromatic nitrogens is 3. The van der Waals surface area contributed by atoms with Crippen LogP contribution in [-0.4, -0.2) is 40.0 Å². The number of rotatable bonds is 10. The molecule has 0 saturated carbocycles. The molecular formula is C27H28N6O3. The van der Waals surface area contributed by atoms with Gasteiger partial charge in [0.2, 0.25) is 0 Å². The average Bonchev–Trinajstić information content (AvgIpc) is 3.31. The second-order valence-electron chi connectivity index (χ2n) is 8.07. The number of esters is 1. The Morgan fingerprint density at radius 3 is 2.58 bits per heavy atom. The van der Waals surface area contributed by atoms with Crippen LogP contribution in [0, 0.1) is 0 Å². The van der Waals surface area contributed by atoms with E-state index in [1.807, 2.05) is 30.3 Å². The Balaban J connectivity index is 1.50. The molecular weight excluding hydrogens is 456 g/mol. The zero-order valence-corrected chi connectivity index (χ0v) is 20.0. The summed E-state index contributed by atoms with van der Waals surface area (Å²) in [4.78, 5) is 39.0. The van der Waals surface area contributed by atoms with Crippen molar-refractivity contribution in [1.29, 1.82) is 0 Å². The summed E-state index contributed by atoms with van der Waals surface area (Å²) in [5, 5.41) is 3.31. The molecule has 0 atom stereocenters. The van der Waals surface area contributed by atoms with Gasteiger partial charge in [-0.15, -0.1) is 0 Å². The summed E-state index contributed by atoms with van der Waals surface area (Å²) >= 11 is 0. The monoisotopic (exact) mass is 484 g/mol. The Morgan fingerprint density at radius 2 is 1.89 bits per heavy atom. The van der Waals surface area contributed by atoms with Gasteiger partial charge in [0, 0.05) is 29.7 Å². The first-order valence-electron chi connectivity index (χ1n) is 11.6. The summed E-state index contributed by atoms with van der Waals surface area (Å²) in [7, 11) is 0. The van der Waals surface area contributed by atoms with Gasteiger partial charge in [-0.25, -0.2) is 9.97 Å². The molecule has 0 aliphatic heterocycles. The van der Waals surface area contributed by atoms with Gasteiger partial charge in [0.05, 0.1) is 30.6 Å². The minimum atomic E-state index is -0.367. The fourth-order valence-electron chi connectivity index (χ4n) is 3.69. The second kappa shape index (κ2) is 11.2. The minimum Gasteiger partial charge on any atom is -0.466 e. The van der Waals surface area contributed by atoms with Crippen LogP contribution in [0.5, 0.6) is 0 Å². The summed E-state index contributed by atoms with van der Waals surface area (Å²) in [6.45, 7) is 6.40. The Kier molecular flexibility index (Phi) is 7.60. The van der Waals surface area contributed by atoms with E-state index in [2.05, 4.69) is 26.8 Å². The van der Waals surface area contributed by atoms with E-state index < -0.39 is 0 Å². The van der Waals surface area contributed by atoms with Crippen LogP contribution in [0.2, 0.25) is 0 Å². The van der Waals surface area contributed by atoms with Crippen LogP contribution in [0.15, 0.2) is 73.4 Å². The van der Waals surface area contributed by atoms with E-state index in [1.165, 1.54) is 4.90 Å². The number of H-pyrrole nitrogens is 1. The molecule has 0 fully saturated rings. The standard InChI is InChI=1S/C27H28N6O3/c1-3-36-26(34)13-15-33(25-6-4-5-14-29-25)27(35)20-9-12-22-23(16-20)32-24(31-22)17-30-21-10-7-19(8-11-21)18(2)28/h4-12,14,16,30H,2-3,13,15,17,28H2,1H3,(H,31,32). The van der Waals surface area contributed by atoms with E-state index >= 15 is 0 Å². The molecule has 9 nitrogen and oxygen atoms in total. The fourth-order valence-corrected chi connectivity index (χ4v) is 3.69. The van der Waals surface area contributed by atoms with Crippen molar-refractivity contribution >= 4 is 40.1 Å². The molecule has 36 heavy (non-hydrogen) atoms. The molecule has 9 heteroatoms. The molecule has 2 heterocycles.